The number of aromatic nitrogens is 1. The van der Waals surface area contributed by atoms with E-state index in [2.05, 4.69) is 10.3 Å². The molecule has 2 rings (SSSR count). The molecule has 0 aliphatic carbocycles. The van der Waals surface area contributed by atoms with Crippen molar-refractivity contribution in [3.8, 4) is 11.3 Å². The van der Waals surface area contributed by atoms with Gasteiger partial charge in [0.25, 0.3) is 0 Å². The molecular weight excluding hydrogens is 256 g/mol. The molecule has 0 radical (unpaired) electrons. The Morgan fingerprint density at radius 3 is 2.78 bits per heavy atom. The maximum Gasteiger partial charge on any atom is 0.360 e. The highest BCUT2D eigenvalue weighted by molar-refractivity contribution is 6.30. The number of pyridine rings is 1. The highest BCUT2D eigenvalue weighted by Gasteiger charge is 2.07. The van der Waals surface area contributed by atoms with E-state index in [9.17, 15) is 9.59 Å². The predicted molar refractivity (Wildman–Crippen MR) is 67.5 cm³/mol. The van der Waals surface area contributed by atoms with Gasteiger partial charge < -0.3 is 9.73 Å². The fraction of sp³-hybridized carbons (Fsp3) is 0.0833. The highest BCUT2D eigenvalue weighted by atomic mass is 35.5. The van der Waals surface area contributed by atoms with Gasteiger partial charge in [0.05, 0.1) is 5.02 Å². The zero-order valence-corrected chi connectivity index (χ0v) is 10.2. The van der Waals surface area contributed by atoms with Gasteiger partial charge in [0.15, 0.2) is 0 Å². The zero-order chi connectivity index (χ0) is 13.1. The van der Waals surface area contributed by atoms with Crippen molar-refractivity contribution in [2.24, 2.45) is 0 Å². The lowest BCUT2D eigenvalue weighted by molar-refractivity contribution is -0.114. The molecule has 0 fully saturated rings. The van der Waals surface area contributed by atoms with Crippen molar-refractivity contribution in [1.29, 1.82) is 0 Å². The number of carbonyl (C=O) groups excluding carboxylic acids is 1. The topological polar surface area (TPSA) is 72.2 Å². The molecule has 18 heavy (non-hydrogen) atoms. The maximum absolute atomic E-state index is 11.6. The van der Waals surface area contributed by atoms with E-state index < -0.39 is 5.63 Å². The van der Waals surface area contributed by atoms with Crippen LogP contribution in [0.25, 0.3) is 11.3 Å². The van der Waals surface area contributed by atoms with Crippen LogP contribution in [0.4, 0.5) is 5.69 Å². The van der Waals surface area contributed by atoms with Gasteiger partial charge in [-0.1, -0.05) is 11.6 Å². The second kappa shape index (κ2) is 5.01. The SMILES string of the molecule is CC(=O)Nc1ccc(-c2cncc(Cl)c2)oc1=O. The predicted octanol–water partition coefficient (Wildman–Crippen LogP) is 2.31. The third kappa shape index (κ3) is 2.75. The van der Waals surface area contributed by atoms with Gasteiger partial charge in [-0.15, -0.1) is 0 Å². The van der Waals surface area contributed by atoms with Crippen molar-refractivity contribution in [1.82, 2.24) is 4.98 Å². The van der Waals surface area contributed by atoms with Crippen molar-refractivity contribution in [2.45, 2.75) is 6.92 Å². The van der Waals surface area contributed by atoms with Gasteiger partial charge in [0.1, 0.15) is 11.4 Å². The van der Waals surface area contributed by atoms with Crippen LogP contribution in [0.3, 0.4) is 0 Å². The Morgan fingerprint density at radius 2 is 2.17 bits per heavy atom. The summed E-state index contributed by atoms with van der Waals surface area (Å²) in [5, 5.41) is 2.82. The molecule has 92 valence electrons. The monoisotopic (exact) mass is 264 g/mol. The minimum Gasteiger partial charge on any atom is -0.421 e. The number of nitrogens with zero attached hydrogens (tertiary/aromatic N) is 1. The molecular formula is C12H9ClN2O3. The number of rotatable bonds is 2. The Balaban J connectivity index is 2.40. The summed E-state index contributed by atoms with van der Waals surface area (Å²) in [5.41, 5.74) is 0.0675. The first-order valence-corrected chi connectivity index (χ1v) is 5.47. The maximum atomic E-state index is 11.6. The van der Waals surface area contributed by atoms with E-state index in [0.717, 1.165) is 0 Å². The molecule has 0 aliphatic heterocycles. The Bertz CT molecular complexity index is 652. The average Bonchev–Trinajstić information content (AvgIpc) is 2.31. The summed E-state index contributed by atoms with van der Waals surface area (Å²) in [7, 11) is 0. The first-order chi connectivity index (χ1) is 8.56. The van der Waals surface area contributed by atoms with Crippen LogP contribution >= 0.6 is 11.6 Å². The number of anilines is 1. The second-order valence-electron chi connectivity index (χ2n) is 3.57. The fourth-order valence-corrected chi connectivity index (χ4v) is 1.57. The smallest absolute Gasteiger partial charge is 0.360 e. The number of nitrogens with one attached hydrogen (secondary N) is 1. The molecule has 6 heteroatoms. The van der Waals surface area contributed by atoms with Gasteiger partial charge in [0.2, 0.25) is 5.91 Å². The van der Waals surface area contributed by atoms with E-state index in [4.69, 9.17) is 16.0 Å². The van der Waals surface area contributed by atoms with Crippen molar-refractivity contribution in [3.05, 3.63) is 46.0 Å². The first-order valence-electron chi connectivity index (χ1n) is 5.09. The molecule has 0 aromatic carbocycles. The van der Waals surface area contributed by atoms with Crippen LogP contribution in [0.1, 0.15) is 6.92 Å². The number of amides is 1. The molecule has 0 saturated heterocycles. The zero-order valence-electron chi connectivity index (χ0n) is 9.44. The molecule has 2 aromatic heterocycles. The van der Waals surface area contributed by atoms with Crippen LogP contribution < -0.4 is 10.9 Å². The van der Waals surface area contributed by atoms with Crippen LogP contribution in [0, 0.1) is 0 Å². The number of halogens is 1. The minimum atomic E-state index is -0.623. The van der Waals surface area contributed by atoms with Crippen molar-refractivity contribution < 1.29 is 9.21 Å². The number of carbonyl (C=O) groups is 1. The lowest BCUT2D eigenvalue weighted by atomic mass is 10.2. The van der Waals surface area contributed by atoms with Crippen LogP contribution in [0.15, 0.2) is 39.8 Å². The number of hydrogen-bond acceptors (Lipinski definition) is 4. The van der Waals surface area contributed by atoms with E-state index in [1.54, 1.807) is 12.1 Å². The summed E-state index contributed by atoms with van der Waals surface area (Å²) in [6.07, 6.45) is 3.01. The molecule has 0 atom stereocenters. The lowest BCUT2D eigenvalue weighted by Crippen LogP contribution is -2.14. The standard InChI is InChI=1S/C12H9ClN2O3/c1-7(16)15-10-2-3-11(18-12(10)17)8-4-9(13)6-14-5-8/h2-6H,1H3,(H,15,16). The van der Waals surface area contributed by atoms with Crippen LogP contribution in [0.5, 0.6) is 0 Å². The highest BCUT2D eigenvalue weighted by Crippen LogP contribution is 2.20. The quantitative estimate of drug-likeness (QED) is 0.903. The lowest BCUT2D eigenvalue weighted by Gasteiger charge is -2.03. The summed E-state index contributed by atoms with van der Waals surface area (Å²) in [6.45, 7) is 1.31. The molecule has 0 spiro atoms. The van der Waals surface area contributed by atoms with E-state index in [1.807, 2.05) is 0 Å². The van der Waals surface area contributed by atoms with Gasteiger partial charge >= 0.3 is 5.63 Å². The van der Waals surface area contributed by atoms with Gasteiger partial charge in [-0.2, -0.15) is 0 Å². The third-order valence-electron chi connectivity index (χ3n) is 2.12. The van der Waals surface area contributed by atoms with Crippen LogP contribution in [-0.4, -0.2) is 10.9 Å². The third-order valence-corrected chi connectivity index (χ3v) is 2.33. The van der Waals surface area contributed by atoms with E-state index >= 15 is 0 Å². The van der Waals surface area contributed by atoms with Crippen LogP contribution in [0.2, 0.25) is 5.02 Å². The molecule has 5 nitrogen and oxygen atoms in total. The Labute approximate surface area is 107 Å². The minimum absolute atomic E-state index is 0.0984. The second-order valence-corrected chi connectivity index (χ2v) is 4.01. The Kier molecular flexibility index (Phi) is 3.43. The van der Waals surface area contributed by atoms with Gasteiger partial charge in [-0.3, -0.25) is 9.78 Å². The summed E-state index contributed by atoms with van der Waals surface area (Å²) in [5.74, 6) is 0.00331. The average molecular weight is 265 g/mol. The summed E-state index contributed by atoms with van der Waals surface area (Å²) in [6, 6.07) is 4.67. The Hall–Kier alpha value is -2.14. The van der Waals surface area contributed by atoms with E-state index in [0.29, 0.717) is 16.3 Å². The normalized spacial score (nSPS) is 10.1. The molecule has 0 aliphatic rings. The molecule has 2 heterocycles. The number of hydrogen-bond donors (Lipinski definition) is 1. The summed E-state index contributed by atoms with van der Waals surface area (Å²) in [4.78, 5) is 26.3. The summed E-state index contributed by atoms with van der Waals surface area (Å²) >= 11 is 5.80. The fourth-order valence-electron chi connectivity index (χ4n) is 1.40. The largest absolute Gasteiger partial charge is 0.421 e. The van der Waals surface area contributed by atoms with Gasteiger partial charge in [-0.25, -0.2) is 4.79 Å². The first kappa shape index (κ1) is 12.3. The molecule has 0 bridgehead atoms. The van der Waals surface area contributed by atoms with Crippen molar-refractivity contribution in [3.63, 3.8) is 0 Å². The van der Waals surface area contributed by atoms with E-state index in [1.165, 1.54) is 25.4 Å². The van der Waals surface area contributed by atoms with Crippen molar-refractivity contribution >= 4 is 23.2 Å². The van der Waals surface area contributed by atoms with Crippen LogP contribution in [-0.2, 0) is 4.79 Å². The van der Waals surface area contributed by atoms with E-state index in [-0.39, 0.29) is 11.6 Å². The molecule has 1 amide bonds. The van der Waals surface area contributed by atoms with Gasteiger partial charge in [-0.05, 0) is 18.2 Å². The van der Waals surface area contributed by atoms with Crippen molar-refractivity contribution in [2.75, 3.05) is 5.32 Å². The molecule has 1 N–H and O–H groups in total. The molecule has 0 unspecified atom stereocenters. The molecule has 2 aromatic rings. The molecule has 0 saturated carbocycles. The van der Waals surface area contributed by atoms with Gasteiger partial charge in [0, 0.05) is 24.9 Å². The summed E-state index contributed by atoms with van der Waals surface area (Å²) < 4.78 is 5.08. The Morgan fingerprint density at radius 1 is 1.39 bits per heavy atom.